The van der Waals surface area contributed by atoms with Crippen molar-refractivity contribution < 1.29 is 0 Å². The Kier molecular flexibility index (Phi) is 5.06. The normalized spacial score (nSPS) is 16.6. The van der Waals surface area contributed by atoms with Crippen LogP contribution in [0, 0.1) is 12.8 Å². The molecule has 1 fully saturated rings. The quantitative estimate of drug-likeness (QED) is 0.847. The third kappa shape index (κ3) is 3.61. The number of nitrogens with one attached hydrogen (secondary N) is 1. The fourth-order valence-corrected chi connectivity index (χ4v) is 3.14. The SMILES string of the molecule is C=C(CC)c1cc(Cl)cc(CC2CCNCC2)c1C. The molecule has 0 atom stereocenters. The number of hydrogen-bond acceptors (Lipinski definition) is 1. The zero-order chi connectivity index (χ0) is 13.8. The maximum atomic E-state index is 6.29. The van der Waals surface area contributed by atoms with E-state index < -0.39 is 0 Å². The summed E-state index contributed by atoms with van der Waals surface area (Å²) in [6.07, 6.45) is 4.68. The van der Waals surface area contributed by atoms with E-state index in [9.17, 15) is 0 Å². The van der Waals surface area contributed by atoms with E-state index in [-0.39, 0.29) is 0 Å². The largest absolute Gasteiger partial charge is 0.317 e. The topological polar surface area (TPSA) is 12.0 Å². The number of benzene rings is 1. The van der Waals surface area contributed by atoms with Crippen molar-refractivity contribution >= 4 is 17.2 Å². The average molecular weight is 278 g/mol. The highest BCUT2D eigenvalue weighted by atomic mass is 35.5. The van der Waals surface area contributed by atoms with E-state index in [1.165, 1.54) is 35.1 Å². The van der Waals surface area contributed by atoms with Gasteiger partial charge < -0.3 is 5.32 Å². The van der Waals surface area contributed by atoms with Crippen LogP contribution in [-0.2, 0) is 6.42 Å². The summed E-state index contributed by atoms with van der Waals surface area (Å²) in [4.78, 5) is 0. The molecule has 1 N–H and O–H groups in total. The van der Waals surface area contributed by atoms with Crippen molar-refractivity contribution in [3.8, 4) is 0 Å². The van der Waals surface area contributed by atoms with Crippen molar-refractivity contribution in [2.75, 3.05) is 13.1 Å². The molecule has 2 rings (SSSR count). The molecule has 0 spiro atoms. The Morgan fingerprint density at radius 1 is 1.37 bits per heavy atom. The highest BCUT2D eigenvalue weighted by molar-refractivity contribution is 6.30. The predicted octanol–water partition coefficient (Wildman–Crippen LogP) is 4.61. The van der Waals surface area contributed by atoms with Gasteiger partial charge in [0.25, 0.3) is 0 Å². The van der Waals surface area contributed by atoms with Crippen molar-refractivity contribution in [2.45, 2.75) is 39.5 Å². The van der Waals surface area contributed by atoms with Crippen LogP contribution in [0.2, 0.25) is 5.02 Å². The van der Waals surface area contributed by atoms with E-state index in [2.05, 4.69) is 37.9 Å². The molecule has 1 aliphatic heterocycles. The molecule has 0 aromatic heterocycles. The second-order valence-corrected chi connectivity index (χ2v) is 6.03. The molecular weight excluding hydrogens is 254 g/mol. The number of rotatable bonds is 4. The fourth-order valence-electron chi connectivity index (χ4n) is 2.90. The van der Waals surface area contributed by atoms with Crippen LogP contribution in [0.25, 0.3) is 5.57 Å². The average Bonchev–Trinajstić information content (AvgIpc) is 2.42. The standard InChI is InChI=1S/C17H24ClN/c1-4-12(2)17-11-16(18)10-15(13(17)3)9-14-5-7-19-8-6-14/h10-11,14,19H,2,4-9H2,1,3H3. The molecule has 1 heterocycles. The molecule has 0 aliphatic carbocycles. The Morgan fingerprint density at radius 3 is 2.68 bits per heavy atom. The maximum Gasteiger partial charge on any atom is 0.0414 e. The van der Waals surface area contributed by atoms with Crippen molar-refractivity contribution in [1.82, 2.24) is 5.32 Å². The third-order valence-electron chi connectivity index (χ3n) is 4.26. The van der Waals surface area contributed by atoms with Gasteiger partial charge in [0.1, 0.15) is 0 Å². The Bertz CT molecular complexity index is 459. The van der Waals surface area contributed by atoms with E-state index in [0.29, 0.717) is 0 Å². The lowest BCUT2D eigenvalue weighted by molar-refractivity contribution is 0.372. The molecule has 0 saturated carbocycles. The highest BCUT2D eigenvalue weighted by Gasteiger charge is 2.16. The van der Waals surface area contributed by atoms with Crippen LogP contribution in [0.15, 0.2) is 18.7 Å². The van der Waals surface area contributed by atoms with Gasteiger partial charge in [-0.1, -0.05) is 25.1 Å². The van der Waals surface area contributed by atoms with Crippen molar-refractivity contribution in [3.05, 3.63) is 40.4 Å². The minimum atomic E-state index is 0.793. The first-order chi connectivity index (χ1) is 9.11. The molecule has 1 saturated heterocycles. The van der Waals surface area contributed by atoms with Gasteiger partial charge >= 0.3 is 0 Å². The van der Waals surface area contributed by atoms with Gasteiger partial charge in [-0.05, 0) is 86.0 Å². The Balaban J connectivity index is 2.24. The predicted molar refractivity (Wildman–Crippen MR) is 84.8 cm³/mol. The van der Waals surface area contributed by atoms with Gasteiger partial charge in [0, 0.05) is 5.02 Å². The Labute approximate surface area is 122 Å². The van der Waals surface area contributed by atoms with Gasteiger partial charge in [0.15, 0.2) is 0 Å². The fraction of sp³-hybridized carbons (Fsp3) is 0.529. The molecule has 1 nitrogen and oxygen atoms in total. The van der Waals surface area contributed by atoms with Gasteiger partial charge in [0.05, 0.1) is 0 Å². The van der Waals surface area contributed by atoms with Crippen LogP contribution in [0.5, 0.6) is 0 Å². The monoisotopic (exact) mass is 277 g/mol. The van der Waals surface area contributed by atoms with Gasteiger partial charge in [-0.25, -0.2) is 0 Å². The van der Waals surface area contributed by atoms with Gasteiger partial charge in [-0.15, -0.1) is 0 Å². The van der Waals surface area contributed by atoms with Crippen LogP contribution < -0.4 is 5.32 Å². The molecule has 1 aromatic carbocycles. The summed E-state index contributed by atoms with van der Waals surface area (Å²) >= 11 is 6.29. The second-order valence-electron chi connectivity index (χ2n) is 5.59. The number of halogens is 1. The summed E-state index contributed by atoms with van der Waals surface area (Å²) < 4.78 is 0. The van der Waals surface area contributed by atoms with Gasteiger partial charge in [-0.3, -0.25) is 0 Å². The third-order valence-corrected chi connectivity index (χ3v) is 4.47. The number of piperidine rings is 1. The molecule has 1 aromatic rings. The van der Waals surface area contributed by atoms with E-state index in [0.717, 1.165) is 36.9 Å². The van der Waals surface area contributed by atoms with Crippen LogP contribution >= 0.6 is 11.6 Å². The molecule has 0 amide bonds. The summed E-state index contributed by atoms with van der Waals surface area (Å²) in [6.45, 7) is 10.8. The molecule has 2 heteroatoms. The summed E-state index contributed by atoms with van der Waals surface area (Å²) in [5, 5.41) is 4.27. The Morgan fingerprint density at radius 2 is 2.05 bits per heavy atom. The van der Waals surface area contributed by atoms with E-state index in [1.807, 2.05) is 0 Å². The Hall–Kier alpha value is -0.790. The minimum absolute atomic E-state index is 0.793. The van der Waals surface area contributed by atoms with E-state index >= 15 is 0 Å². The number of hydrogen-bond donors (Lipinski definition) is 1. The van der Waals surface area contributed by atoms with Gasteiger partial charge in [-0.2, -0.15) is 0 Å². The lowest BCUT2D eigenvalue weighted by Crippen LogP contribution is -2.28. The lowest BCUT2D eigenvalue weighted by atomic mass is 9.87. The molecule has 0 radical (unpaired) electrons. The maximum absolute atomic E-state index is 6.29. The minimum Gasteiger partial charge on any atom is -0.317 e. The summed E-state index contributed by atoms with van der Waals surface area (Å²) in [5.74, 6) is 0.793. The molecule has 19 heavy (non-hydrogen) atoms. The first kappa shape index (κ1) is 14.6. The molecule has 104 valence electrons. The molecular formula is C17H24ClN. The number of allylic oxidation sites excluding steroid dienone is 1. The first-order valence-electron chi connectivity index (χ1n) is 7.29. The van der Waals surface area contributed by atoms with Crippen molar-refractivity contribution in [3.63, 3.8) is 0 Å². The smallest absolute Gasteiger partial charge is 0.0414 e. The summed E-state index contributed by atoms with van der Waals surface area (Å²) in [6, 6.07) is 4.21. The zero-order valence-corrected chi connectivity index (χ0v) is 12.8. The second kappa shape index (κ2) is 6.58. The van der Waals surface area contributed by atoms with Crippen LogP contribution in [0.4, 0.5) is 0 Å². The van der Waals surface area contributed by atoms with Crippen molar-refractivity contribution in [2.24, 2.45) is 5.92 Å². The van der Waals surface area contributed by atoms with E-state index in [1.54, 1.807) is 0 Å². The molecule has 1 aliphatic rings. The van der Waals surface area contributed by atoms with Crippen molar-refractivity contribution in [1.29, 1.82) is 0 Å². The summed E-state index contributed by atoms with van der Waals surface area (Å²) in [5.41, 5.74) is 5.21. The molecule has 0 unspecified atom stereocenters. The van der Waals surface area contributed by atoms with E-state index in [4.69, 9.17) is 11.6 Å². The highest BCUT2D eigenvalue weighted by Crippen LogP contribution is 2.29. The lowest BCUT2D eigenvalue weighted by Gasteiger charge is -2.24. The van der Waals surface area contributed by atoms with Crippen LogP contribution in [-0.4, -0.2) is 13.1 Å². The van der Waals surface area contributed by atoms with Crippen LogP contribution in [0.3, 0.4) is 0 Å². The molecule has 0 bridgehead atoms. The van der Waals surface area contributed by atoms with Gasteiger partial charge in [0.2, 0.25) is 0 Å². The van der Waals surface area contributed by atoms with Crippen LogP contribution in [0.1, 0.15) is 42.9 Å². The zero-order valence-electron chi connectivity index (χ0n) is 12.1. The first-order valence-corrected chi connectivity index (χ1v) is 7.67. The summed E-state index contributed by atoms with van der Waals surface area (Å²) in [7, 11) is 0.